The molecule has 0 radical (unpaired) electrons. The van der Waals surface area contributed by atoms with Crippen LogP contribution in [0.15, 0.2) is 12.3 Å². The van der Waals surface area contributed by atoms with Crippen LogP contribution in [-0.4, -0.2) is 49.3 Å². The number of nitrogens with zero attached hydrogens (tertiary/aromatic N) is 2. The molecular formula is C15H25N3O2. The molecule has 0 aliphatic carbocycles. The summed E-state index contributed by atoms with van der Waals surface area (Å²) in [5, 5.41) is 3.59. The molecule has 1 aliphatic rings. The van der Waals surface area contributed by atoms with Gasteiger partial charge in [0.15, 0.2) is 11.5 Å². The topological polar surface area (TPSA) is 46.6 Å². The third-order valence-electron chi connectivity index (χ3n) is 4.07. The monoisotopic (exact) mass is 279 g/mol. The van der Waals surface area contributed by atoms with Crippen molar-refractivity contribution in [2.24, 2.45) is 0 Å². The van der Waals surface area contributed by atoms with Crippen LogP contribution in [0.3, 0.4) is 0 Å². The Balaban J connectivity index is 2.14. The van der Waals surface area contributed by atoms with E-state index in [-0.39, 0.29) is 5.54 Å². The SMILES string of the molecule is CCC1(C)CN(Cc2nccc(OC)c2OC)CCN1. The fourth-order valence-corrected chi connectivity index (χ4v) is 2.69. The summed E-state index contributed by atoms with van der Waals surface area (Å²) in [7, 11) is 3.32. The van der Waals surface area contributed by atoms with Crippen LogP contribution in [0.2, 0.25) is 0 Å². The summed E-state index contributed by atoms with van der Waals surface area (Å²) in [6, 6.07) is 1.83. The molecule has 0 amide bonds. The summed E-state index contributed by atoms with van der Waals surface area (Å²) in [6.45, 7) is 8.34. The van der Waals surface area contributed by atoms with Crippen molar-refractivity contribution in [3.8, 4) is 11.5 Å². The number of nitrogens with one attached hydrogen (secondary N) is 1. The van der Waals surface area contributed by atoms with Crippen LogP contribution in [0.5, 0.6) is 11.5 Å². The standard InChI is InChI=1S/C15H25N3O2/c1-5-15(2)11-18(9-8-17-15)10-12-14(20-4)13(19-3)6-7-16-12/h6-7,17H,5,8-11H2,1-4H3. The lowest BCUT2D eigenvalue weighted by molar-refractivity contribution is 0.131. The lowest BCUT2D eigenvalue weighted by Crippen LogP contribution is -2.58. The first-order valence-corrected chi connectivity index (χ1v) is 7.15. The molecule has 1 atom stereocenters. The number of rotatable bonds is 5. The van der Waals surface area contributed by atoms with Gasteiger partial charge < -0.3 is 14.8 Å². The second-order valence-electron chi connectivity index (χ2n) is 5.54. The van der Waals surface area contributed by atoms with Crippen molar-refractivity contribution in [2.45, 2.75) is 32.4 Å². The largest absolute Gasteiger partial charge is 0.493 e. The van der Waals surface area contributed by atoms with Gasteiger partial charge in [-0.05, 0) is 13.3 Å². The zero-order valence-electron chi connectivity index (χ0n) is 12.9. The van der Waals surface area contributed by atoms with Crippen LogP contribution in [0.4, 0.5) is 0 Å². The van der Waals surface area contributed by atoms with E-state index in [1.807, 2.05) is 6.07 Å². The molecule has 1 aromatic rings. The van der Waals surface area contributed by atoms with Gasteiger partial charge in [-0.1, -0.05) is 6.92 Å². The Hall–Kier alpha value is -1.33. The maximum Gasteiger partial charge on any atom is 0.183 e. The Morgan fingerprint density at radius 2 is 2.20 bits per heavy atom. The minimum Gasteiger partial charge on any atom is -0.493 e. The van der Waals surface area contributed by atoms with E-state index in [2.05, 4.69) is 29.0 Å². The molecule has 1 saturated heterocycles. The van der Waals surface area contributed by atoms with Crippen molar-refractivity contribution in [3.05, 3.63) is 18.0 Å². The van der Waals surface area contributed by atoms with Gasteiger partial charge in [-0.3, -0.25) is 9.88 Å². The van der Waals surface area contributed by atoms with Gasteiger partial charge in [0, 0.05) is 44.0 Å². The molecule has 1 aliphatic heterocycles. The van der Waals surface area contributed by atoms with E-state index < -0.39 is 0 Å². The highest BCUT2D eigenvalue weighted by Crippen LogP contribution is 2.30. The number of hydrogen-bond acceptors (Lipinski definition) is 5. The van der Waals surface area contributed by atoms with Gasteiger partial charge in [-0.2, -0.15) is 0 Å². The van der Waals surface area contributed by atoms with Crippen LogP contribution >= 0.6 is 0 Å². The summed E-state index contributed by atoms with van der Waals surface area (Å²) in [4.78, 5) is 6.88. The van der Waals surface area contributed by atoms with Crippen LogP contribution in [0.25, 0.3) is 0 Å². The molecule has 0 aromatic carbocycles. The number of piperazine rings is 1. The van der Waals surface area contributed by atoms with Gasteiger partial charge in [-0.25, -0.2) is 0 Å². The van der Waals surface area contributed by atoms with E-state index in [1.165, 1.54) is 0 Å². The molecule has 2 rings (SSSR count). The highest BCUT2D eigenvalue weighted by Gasteiger charge is 2.29. The van der Waals surface area contributed by atoms with Crippen LogP contribution in [0.1, 0.15) is 26.0 Å². The molecule has 1 fully saturated rings. The zero-order chi connectivity index (χ0) is 14.6. The molecule has 0 spiro atoms. The van der Waals surface area contributed by atoms with Crippen molar-refractivity contribution in [1.82, 2.24) is 15.2 Å². The maximum atomic E-state index is 5.46. The molecule has 1 aromatic heterocycles. The van der Waals surface area contributed by atoms with E-state index in [9.17, 15) is 0 Å². The Morgan fingerprint density at radius 3 is 2.85 bits per heavy atom. The molecule has 1 unspecified atom stereocenters. The normalized spacial score (nSPS) is 23.6. The number of pyridine rings is 1. The number of ether oxygens (including phenoxy) is 2. The first-order chi connectivity index (χ1) is 9.61. The third kappa shape index (κ3) is 3.22. The minimum atomic E-state index is 0.185. The molecule has 112 valence electrons. The van der Waals surface area contributed by atoms with E-state index >= 15 is 0 Å². The highest BCUT2D eigenvalue weighted by molar-refractivity contribution is 5.42. The fourth-order valence-electron chi connectivity index (χ4n) is 2.69. The number of aromatic nitrogens is 1. The Bertz CT molecular complexity index is 453. The lowest BCUT2D eigenvalue weighted by Gasteiger charge is -2.41. The van der Waals surface area contributed by atoms with Gasteiger partial charge in [0.1, 0.15) is 5.69 Å². The average molecular weight is 279 g/mol. The fraction of sp³-hybridized carbons (Fsp3) is 0.667. The number of hydrogen-bond donors (Lipinski definition) is 1. The van der Waals surface area contributed by atoms with Crippen LogP contribution in [0, 0.1) is 0 Å². The Labute approximate surface area is 121 Å². The summed E-state index contributed by atoms with van der Waals surface area (Å²) in [6.07, 6.45) is 2.89. The van der Waals surface area contributed by atoms with Gasteiger partial charge >= 0.3 is 0 Å². The Morgan fingerprint density at radius 1 is 1.40 bits per heavy atom. The van der Waals surface area contributed by atoms with Crippen molar-refractivity contribution < 1.29 is 9.47 Å². The van der Waals surface area contributed by atoms with Crippen molar-refractivity contribution in [1.29, 1.82) is 0 Å². The van der Waals surface area contributed by atoms with E-state index in [0.29, 0.717) is 0 Å². The molecule has 2 heterocycles. The second kappa shape index (κ2) is 6.41. The van der Waals surface area contributed by atoms with Crippen molar-refractivity contribution >= 4 is 0 Å². The molecule has 0 bridgehead atoms. The molecule has 1 N–H and O–H groups in total. The quantitative estimate of drug-likeness (QED) is 0.888. The second-order valence-corrected chi connectivity index (χ2v) is 5.54. The van der Waals surface area contributed by atoms with Crippen molar-refractivity contribution in [3.63, 3.8) is 0 Å². The first kappa shape index (κ1) is 15.1. The Kier molecular flexibility index (Phi) is 4.83. The summed E-state index contributed by atoms with van der Waals surface area (Å²) < 4.78 is 10.8. The molecule has 0 saturated carbocycles. The predicted octanol–water partition coefficient (Wildman–Crippen LogP) is 1.67. The van der Waals surface area contributed by atoms with E-state index in [4.69, 9.17) is 9.47 Å². The summed E-state index contributed by atoms with van der Waals surface area (Å²) >= 11 is 0. The minimum absolute atomic E-state index is 0.185. The van der Waals surface area contributed by atoms with Crippen molar-refractivity contribution in [2.75, 3.05) is 33.9 Å². The smallest absolute Gasteiger partial charge is 0.183 e. The highest BCUT2D eigenvalue weighted by atomic mass is 16.5. The lowest BCUT2D eigenvalue weighted by atomic mass is 9.96. The third-order valence-corrected chi connectivity index (χ3v) is 4.07. The number of methoxy groups -OCH3 is 2. The van der Waals surface area contributed by atoms with Gasteiger partial charge in [0.2, 0.25) is 0 Å². The maximum absolute atomic E-state index is 5.46. The zero-order valence-corrected chi connectivity index (χ0v) is 12.9. The van der Waals surface area contributed by atoms with E-state index in [0.717, 1.165) is 49.8 Å². The summed E-state index contributed by atoms with van der Waals surface area (Å²) in [5.74, 6) is 1.48. The molecule has 20 heavy (non-hydrogen) atoms. The van der Waals surface area contributed by atoms with E-state index in [1.54, 1.807) is 20.4 Å². The molecule has 5 heteroatoms. The van der Waals surface area contributed by atoms with Crippen LogP contribution in [-0.2, 0) is 6.54 Å². The predicted molar refractivity (Wildman–Crippen MR) is 79.3 cm³/mol. The van der Waals surface area contributed by atoms with Crippen LogP contribution < -0.4 is 14.8 Å². The van der Waals surface area contributed by atoms with Gasteiger partial charge in [-0.15, -0.1) is 0 Å². The molecular weight excluding hydrogens is 254 g/mol. The summed E-state index contributed by atoms with van der Waals surface area (Å²) in [5.41, 5.74) is 1.12. The van der Waals surface area contributed by atoms with Gasteiger partial charge in [0.25, 0.3) is 0 Å². The van der Waals surface area contributed by atoms with Gasteiger partial charge in [0.05, 0.1) is 14.2 Å². The first-order valence-electron chi connectivity index (χ1n) is 7.15. The molecule has 5 nitrogen and oxygen atoms in total. The average Bonchev–Trinajstić information content (AvgIpc) is 2.47.